The fourth-order valence-electron chi connectivity index (χ4n) is 4.73. The van der Waals surface area contributed by atoms with Crippen molar-refractivity contribution < 1.29 is 18.0 Å². The zero-order valence-corrected chi connectivity index (χ0v) is 20.8. The van der Waals surface area contributed by atoms with Crippen molar-refractivity contribution in [2.24, 2.45) is 5.92 Å². The summed E-state index contributed by atoms with van der Waals surface area (Å²) in [5.41, 5.74) is 1.48. The quantitative estimate of drug-likeness (QED) is 0.654. The van der Waals surface area contributed by atoms with Crippen LogP contribution < -0.4 is 5.32 Å². The van der Waals surface area contributed by atoms with Gasteiger partial charge in [0, 0.05) is 36.8 Å². The van der Waals surface area contributed by atoms with Gasteiger partial charge in [0.25, 0.3) is 5.91 Å². The molecule has 0 aromatic heterocycles. The summed E-state index contributed by atoms with van der Waals surface area (Å²) < 4.78 is 27.6. The van der Waals surface area contributed by atoms with Crippen molar-refractivity contribution in [3.8, 4) is 0 Å². The molecule has 1 unspecified atom stereocenters. The summed E-state index contributed by atoms with van der Waals surface area (Å²) in [6.45, 7) is 3.89. The first-order valence-electron chi connectivity index (χ1n) is 11.7. The van der Waals surface area contributed by atoms with Crippen LogP contribution in [0.1, 0.15) is 41.6 Å². The third kappa shape index (κ3) is 5.45. The minimum Gasteiger partial charge on any atom is -0.341 e. The molecule has 9 heteroatoms. The van der Waals surface area contributed by atoms with E-state index in [-0.39, 0.29) is 22.6 Å². The van der Waals surface area contributed by atoms with Crippen LogP contribution in [-0.2, 0) is 14.8 Å². The number of aryl methyl sites for hydroxylation is 1. The van der Waals surface area contributed by atoms with Crippen molar-refractivity contribution >= 4 is 33.4 Å². The first-order chi connectivity index (χ1) is 16.3. The molecule has 0 saturated carbocycles. The predicted molar refractivity (Wildman–Crippen MR) is 131 cm³/mol. The van der Waals surface area contributed by atoms with Crippen LogP contribution in [0, 0.1) is 12.8 Å². The van der Waals surface area contributed by atoms with Crippen LogP contribution in [0.25, 0.3) is 0 Å². The molecule has 4 rings (SSSR count). The van der Waals surface area contributed by atoms with Crippen LogP contribution in [-0.4, -0.2) is 61.7 Å². The van der Waals surface area contributed by atoms with Gasteiger partial charge in [-0.05, 0) is 74.9 Å². The monoisotopic (exact) mass is 503 g/mol. The Balaban J connectivity index is 1.49. The van der Waals surface area contributed by atoms with Crippen molar-refractivity contribution in [2.75, 3.05) is 26.2 Å². The Morgan fingerprint density at radius 1 is 1.00 bits per heavy atom. The fraction of sp³-hybridized carbons (Fsp3) is 0.440. The average Bonchev–Trinajstić information content (AvgIpc) is 3.37. The van der Waals surface area contributed by atoms with E-state index in [1.54, 1.807) is 24.3 Å². The van der Waals surface area contributed by atoms with Crippen LogP contribution >= 0.6 is 11.6 Å². The number of nitrogens with zero attached hydrogens (tertiary/aromatic N) is 2. The molecule has 2 amide bonds. The Hall–Kier alpha value is -2.42. The lowest BCUT2D eigenvalue weighted by atomic mass is 9.89. The molecule has 2 aromatic rings. The average molecular weight is 504 g/mol. The van der Waals surface area contributed by atoms with Crippen molar-refractivity contribution in [1.82, 2.24) is 14.5 Å². The van der Waals surface area contributed by atoms with Gasteiger partial charge in [-0.1, -0.05) is 29.3 Å². The first kappa shape index (κ1) is 24.7. The smallest absolute Gasteiger partial charge is 0.251 e. The second-order valence-corrected chi connectivity index (χ2v) is 11.4. The lowest BCUT2D eigenvalue weighted by Gasteiger charge is -2.36. The van der Waals surface area contributed by atoms with Gasteiger partial charge in [0.05, 0.1) is 4.90 Å². The minimum absolute atomic E-state index is 0.0717. The van der Waals surface area contributed by atoms with Gasteiger partial charge in [-0.2, -0.15) is 4.31 Å². The third-order valence-electron chi connectivity index (χ3n) is 6.67. The highest BCUT2D eigenvalue weighted by Gasteiger charge is 2.38. The van der Waals surface area contributed by atoms with Crippen LogP contribution in [0.5, 0.6) is 0 Å². The normalized spacial score (nSPS) is 18.6. The molecule has 0 bridgehead atoms. The zero-order valence-electron chi connectivity index (χ0n) is 19.2. The molecule has 182 valence electrons. The van der Waals surface area contributed by atoms with E-state index in [4.69, 9.17) is 11.6 Å². The Bertz CT molecular complexity index is 1140. The van der Waals surface area contributed by atoms with Crippen LogP contribution in [0.2, 0.25) is 5.02 Å². The highest BCUT2D eigenvalue weighted by Crippen LogP contribution is 2.28. The molecule has 2 fully saturated rings. The van der Waals surface area contributed by atoms with E-state index >= 15 is 0 Å². The van der Waals surface area contributed by atoms with E-state index in [2.05, 4.69) is 5.32 Å². The molecule has 0 spiro atoms. The second kappa shape index (κ2) is 10.5. The van der Waals surface area contributed by atoms with Gasteiger partial charge in [-0.15, -0.1) is 0 Å². The second-order valence-electron chi connectivity index (χ2n) is 9.05. The summed E-state index contributed by atoms with van der Waals surface area (Å²) in [5, 5.41) is 3.46. The van der Waals surface area contributed by atoms with E-state index in [0.29, 0.717) is 49.6 Å². The van der Waals surface area contributed by atoms with E-state index in [1.165, 1.54) is 16.4 Å². The molecule has 1 N–H and O–H groups in total. The van der Waals surface area contributed by atoms with Gasteiger partial charge in [0.1, 0.15) is 6.04 Å². The number of piperidine rings is 1. The van der Waals surface area contributed by atoms with Gasteiger partial charge in [-0.25, -0.2) is 8.42 Å². The standard InChI is InChI=1S/C25H30ClN3O4S/c1-18-5-4-6-20(17-18)24(30)27-23(25(31)28-13-2-3-14-28)19-11-15-29(16-12-19)34(32,33)22-9-7-21(26)8-10-22/h4-10,17,19,23H,2-3,11-16H2,1H3,(H,27,30). The van der Waals surface area contributed by atoms with Gasteiger partial charge in [0.2, 0.25) is 15.9 Å². The summed E-state index contributed by atoms with van der Waals surface area (Å²) in [5.74, 6) is -0.492. The van der Waals surface area contributed by atoms with Crippen molar-refractivity contribution in [2.45, 2.75) is 43.5 Å². The van der Waals surface area contributed by atoms with E-state index in [1.807, 2.05) is 24.0 Å². The maximum absolute atomic E-state index is 13.4. The SMILES string of the molecule is Cc1cccc(C(=O)NC(C(=O)N2CCCC2)C2CCN(S(=O)(=O)c3ccc(Cl)cc3)CC2)c1. The molecular weight excluding hydrogens is 474 g/mol. The Kier molecular flexibility index (Phi) is 7.60. The predicted octanol–water partition coefficient (Wildman–Crippen LogP) is 3.47. The summed E-state index contributed by atoms with van der Waals surface area (Å²) >= 11 is 5.90. The summed E-state index contributed by atoms with van der Waals surface area (Å²) in [4.78, 5) is 28.4. The number of sulfonamides is 1. The topological polar surface area (TPSA) is 86.8 Å². The van der Waals surface area contributed by atoms with Gasteiger partial charge in [-0.3, -0.25) is 9.59 Å². The van der Waals surface area contributed by atoms with Crippen molar-refractivity contribution in [3.05, 3.63) is 64.7 Å². The highest BCUT2D eigenvalue weighted by molar-refractivity contribution is 7.89. The molecule has 34 heavy (non-hydrogen) atoms. The van der Waals surface area contributed by atoms with E-state index < -0.39 is 16.1 Å². The Labute approximate surface area is 206 Å². The summed E-state index contributed by atoms with van der Waals surface area (Å²) in [7, 11) is -3.64. The number of halogens is 1. The molecule has 7 nitrogen and oxygen atoms in total. The highest BCUT2D eigenvalue weighted by atomic mass is 35.5. The maximum atomic E-state index is 13.4. The lowest BCUT2D eigenvalue weighted by Crippen LogP contribution is -2.54. The molecule has 2 heterocycles. The number of rotatable bonds is 6. The zero-order chi connectivity index (χ0) is 24.3. The molecule has 0 radical (unpaired) electrons. The van der Waals surface area contributed by atoms with Crippen LogP contribution in [0.4, 0.5) is 0 Å². The molecule has 1 atom stereocenters. The fourth-order valence-corrected chi connectivity index (χ4v) is 6.33. The number of hydrogen-bond donors (Lipinski definition) is 1. The van der Waals surface area contributed by atoms with Crippen LogP contribution in [0.15, 0.2) is 53.4 Å². The van der Waals surface area contributed by atoms with E-state index in [0.717, 1.165) is 18.4 Å². The van der Waals surface area contributed by atoms with Gasteiger partial charge < -0.3 is 10.2 Å². The van der Waals surface area contributed by atoms with Crippen LogP contribution in [0.3, 0.4) is 0 Å². The van der Waals surface area contributed by atoms with Gasteiger partial charge in [0.15, 0.2) is 0 Å². The largest absolute Gasteiger partial charge is 0.341 e. The minimum atomic E-state index is -3.64. The van der Waals surface area contributed by atoms with Crippen molar-refractivity contribution in [3.63, 3.8) is 0 Å². The summed E-state index contributed by atoms with van der Waals surface area (Å²) in [6, 6.07) is 12.7. The first-order valence-corrected chi connectivity index (χ1v) is 13.5. The number of likely N-dealkylation sites (tertiary alicyclic amines) is 1. The molecular formula is C25H30ClN3O4S. The van der Waals surface area contributed by atoms with Gasteiger partial charge >= 0.3 is 0 Å². The number of carbonyl (C=O) groups is 2. The lowest BCUT2D eigenvalue weighted by molar-refractivity contribution is -0.133. The molecule has 2 saturated heterocycles. The Morgan fingerprint density at radius 3 is 2.26 bits per heavy atom. The number of nitrogens with one attached hydrogen (secondary N) is 1. The maximum Gasteiger partial charge on any atom is 0.251 e. The number of amides is 2. The molecule has 2 aromatic carbocycles. The number of hydrogen-bond acceptors (Lipinski definition) is 4. The third-order valence-corrected chi connectivity index (χ3v) is 8.84. The molecule has 2 aliphatic rings. The number of carbonyl (C=O) groups excluding carboxylic acids is 2. The number of benzene rings is 2. The summed E-state index contributed by atoms with van der Waals surface area (Å²) in [6.07, 6.45) is 2.90. The van der Waals surface area contributed by atoms with Crippen molar-refractivity contribution in [1.29, 1.82) is 0 Å². The molecule has 0 aliphatic carbocycles. The van der Waals surface area contributed by atoms with E-state index in [9.17, 15) is 18.0 Å². The Morgan fingerprint density at radius 2 is 1.65 bits per heavy atom. The molecule has 2 aliphatic heterocycles.